The van der Waals surface area contributed by atoms with Crippen molar-refractivity contribution in [2.75, 3.05) is 26.2 Å². The van der Waals surface area contributed by atoms with Crippen molar-refractivity contribution in [2.45, 2.75) is 102 Å². The molecule has 1 heterocycles. The molecule has 246 valence electrons. The Morgan fingerprint density at radius 1 is 1.00 bits per heavy atom. The summed E-state index contributed by atoms with van der Waals surface area (Å²) in [6.07, 6.45) is 9.10. The number of benzene rings is 2. The van der Waals surface area contributed by atoms with Crippen LogP contribution in [0.5, 0.6) is 0 Å². The van der Waals surface area contributed by atoms with E-state index in [2.05, 4.69) is 17.1 Å². The largest absolute Gasteiger partial charge is 0.480 e. The van der Waals surface area contributed by atoms with Gasteiger partial charge in [-0.15, -0.1) is 0 Å². The van der Waals surface area contributed by atoms with Crippen molar-refractivity contribution < 1.29 is 28.2 Å². The molecule has 2 aromatic rings. The van der Waals surface area contributed by atoms with Gasteiger partial charge >= 0.3 is 12.1 Å². The molecule has 0 spiro atoms. The van der Waals surface area contributed by atoms with E-state index < -0.39 is 12.0 Å². The standard InChI is InChI=1S/C36H49F2N3O4/c1-2-17-41(36(44)45-24-25-11-13-29(37)14-12-25)32-15-18-40(19-16-32)23-28-21-31(22-33(28)27-9-6-10-30(38)20-27)39-34(35(42)43)26-7-4-3-5-8-26/h6,9-14,20,26,28,31-34,39H,2-5,7-8,15-19,21-24H2,1H3,(H,42,43)/t28-,31?,33-,34?/m1/s1. The molecule has 3 fully saturated rings. The van der Waals surface area contributed by atoms with Crippen molar-refractivity contribution in [1.29, 1.82) is 0 Å². The summed E-state index contributed by atoms with van der Waals surface area (Å²) in [6, 6.07) is 12.5. The van der Waals surface area contributed by atoms with E-state index in [0.29, 0.717) is 6.54 Å². The summed E-state index contributed by atoms with van der Waals surface area (Å²) in [6.45, 7) is 5.34. The maximum Gasteiger partial charge on any atom is 0.410 e. The van der Waals surface area contributed by atoms with Gasteiger partial charge in [0, 0.05) is 38.3 Å². The van der Waals surface area contributed by atoms with Gasteiger partial charge < -0.3 is 25.0 Å². The van der Waals surface area contributed by atoms with Crippen LogP contribution in [-0.2, 0) is 16.1 Å². The maximum absolute atomic E-state index is 14.3. The smallest absolute Gasteiger partial charge is 0.410 e. The first kappa shape index (κ1) is 33.3. The number of amides is 1. The summed E-state index contributed by atoms with van der Waals surface area (Å²) >= 11 is 0. The van der Waals surface area contributed by atoms with Crippen molar-refractivity contribution in [1.82, 2.24) is 15.1 Å². The van der Waals surface area contributed by atoms with Gasteiger partial charge in [-0.2, -0.15) is 0 Å². The molecule has 0 radical (unpaired) electrons. The number of hydrogen-bond acceptors (Lipinski definition) is 5. The van der Waals surface area contributed by atoms with Gasteiger partial charge in [0.15, 0.2) is 0 Å². The molecule has 2 aromatic carbocycles. The number of carbonyl (C=O) groups is 2. The van der Waals surface area contributed by atoms with Crippen LogP contribution in [-0.4, -0.2) is 71.3 Å². The first-order chi connectivity index (χ1) is 21.8. The predicted octanol–water partition coefficient (Wildman–Crippen LogP) is 6.96. The average Bonchev–Trinajstić information content (AvgIpc) is 3.45. The van der Waals surface area contributed by atoms with Crippen molar-refractivity contribution in [3.05, 3.63) is 71.3 Å². The molecule has 9 heteroatoms. The van der Waals surface area contributed by atoms with Crippen LogP contribution in [0, 0.1) is 23.5 Å². The molecule has 1 saturated heterocycles. The summed E-state index contributed by atoms with van der Waals surface area (Å²) in [7, 11) is 0. The number of rotatable bonds is 12. The normalized spacial score (nSPS) is 23.9. The third-order valence-electron chi connectivity index (χ3n) is 10.2. The molecule has 3 aliphatic rings. The molecule has 5 rings (SSSR count). The van der Waals surface area contributed by atoms with Crippen LogP contribution in [0.15, 0.2) is 48.5 Å². The van der Waals surface area contributed by atoms with Crippen LogP contribution in [0.3, 0.4) is 0 Å². The Morgan fingerprint density at radius 2 is 1.73 bits per heavy atom. The Morgan fingerprint density at radius 3 is 2.40 bits per heavy atom. The van der Waals surface area contributed by atoms with Gasteiger partial charge in [0.05, 0.1) is 0 Å². The highest BCUT2D eigenvalue weighted by molar-refractivity contribution is 5.74. The maximum atomic E-state index is 14.3. The highest BCUT2D eigenvalue weighted by Crippen LogP contribution is 2.42. The van der Waals surface area contributed by atoms with E-state index in [1.165, 1.54) is 24.6 Å². The van der Waals surface area contributed by atoms with Gasteiger partial charge in [0.1, 0.15) is 24.3 Å². The second kappa shape index (κ2) is 16.0. The predicted molar refractivity (Wildman–Crippen MR) is 170 cm³/mol. The number of carboxylic acid groups (broad SMARTS) is 1. The molecule has 0 bridgehead atoms. The Hall–Kier alpha value is -3.04. The monoisotopic (exact) mass is 625 g/mol. The highest BCUT2D eigenvalue weighted by Gasteiger charge is 2.40. The number of ether oxygens (including phenoxy) is 1. The Kier molecular flexibility index (Phi) is 11.8. The van der Waals surface area contributed by atoms with Crippen LogP contribution in [0.1, 0.15) is 88.2 Å². The fourth-order valence-electron chi connectivity index (χ4n) is 7.96. The molecule has 0 aromatic heterocycles. The van der Waals surface area contributed by atoms with E-state index in [0.717, 1.165) is 88.5 Å². The highest BCUT2D eigenvalue weighted by atomic mass is 19.1. The summed E-state index contributed by atoms with van der Waals surface area (Å²) in [5.74, 6) is -0.738. The third kappa shape index (κ3) is 9.03. The number of carboxylic acids is 1. The molecule has 2 N–H and O–H groups in total. The zero-order valence-corrected chi connectivity index (χ0v) is 26.5. The molecule has 4 atom stereocenters. The van der Waals surface area contributed by atoms with Crippen LogP contribution in [0.25, 0.3) is 0 Å². The summed E-state index contributed by atoms with van der Waals surface area (Å²) in [5.41, 5.74) is 1.74. The van der Waals surface area contributed by atoms with Crippen molar-refractivity contribution in [3.63, 3.8) is 0 Å². The lowest BCUT2D eigenvalue weighted by atomic mass is 9.83. The molecular formula is C36H49F2N3O4. The molecule has 1 aliphatic heterocycles. The van der Waals surface area contributed by atoms with E-state index in [1.54, 1.807) is 24.3 Å². The topological polar surface area (TPSA) is 82.1 Å². The lowest BCUT2D eigenvalue weighted by Gasteiger charge is -2.39. The fourth-order valence-corrected chi connectivity index (χ4v) is 7.96. The molecule has 1 amide bonds. The number of nitrogens with zero attached hydrogens (tertiary/aromatic N) is 2. The van der Waals surface area contributed by atoms with Gasteiger partial charge in [0.2, 0.25) is 0 Å². The Labute approximate surface area is 266 Å². The molecule has 2 unspecified atom stereocenters. The minimum absolute atomic E-state index is 0.0692. The van der Waals surface area contributed by atoms with Gasteiger partial charge in [-0.25, -0.2) is 13.6 Å². The second-order valence-electron chi connectivity index (χ2n) is 13.4. The fraction of sp³-hybridized carbons (Fsp3) is 0.611. The second-order valence-corrected chi connectivity index (χ2v) is 13.4. The van der Waals surface area contributed by atoms with E-state index >= 15 is 0 Å². The number of carbonyl (C=O) groups excluding carboxylic acids is 1. The van der Waals surface area contributed by atoms with Gasteiger partial charge in [0.25, 0.3) is 0 Å². The number of hydrogen-bond donors (Lipinski definition) is 2. The Balaban J connectivity index is 1.19. The van der Waals surface area contributed by atoms with Crippen molar-refractivity contribution in [3.8, 4) is 0 Å². The lowest BCUT2D eigenvalue weighted by Crippen LogP contribution is -2.49. The zero-order chi connectivity index (χ0) is 31.8. The average molecular weight is 626 g/mol. The number of likely N-dealkylation sites (tertiary alicyclic amines) is 1. The van der Waals surface area contributed by atoms with E-state index in [1.807, 2.05) is 11.0 Å². The molecule has 45 heavy (non-hydrogen) atoms. The quantitative estimate of drug-likeness (QED) is 0.265. The summed E-state index contributed by atoms with van der Waals surface area (Å²) < 4.78 is 33.2. The van der Waals surface area contributed by atoms with Crippen LogP contribution >= 0.6 is 0 Å². The Bertz CT molecular complexity index is 1250. The number of halogens is 2. The van der Waals surface area contributed by atoms with Gasteiger partial charge in [-0.1, -0.05) is 50.5 Å². The van der Waals surface area contributed by atoms with Crippen LogP contribution in [0.4, 0.5) is 13.6 Å². The van der Waals surface area contributed by atoms with E-state index in [-0.39, 0.29) is 54.2 Å². The van der Waals surface area contributed by atoms with E-state index in [9.17, 15) is 23.5 Å². The minimum Gasteiger partial charge on any atom is -0.480 e. The number of aliphatic carboxylic acids is 1. The molecular weight excluding hydrogens is 576 g/mol. The summed E-state index contributed by atoms with van der Waals surface area (Å²) in [4.78, 5) is 29.7. The number of nitrogens with one attached hydrogen (secondary N) is 1. The van der Waals surface area contributed by atoms with E-state index in [4.69, 9.17) is 4.74 Å². The van der Waals surface area contributed by atoms with Crippen LogP contribution in [0.2, 0.25) is 0 Å². The zero-order valence-electron chi connectivity index (χ0n) is 26.5. The molecule has 7 nitrogen and oxygen atoms in total. The third-order valence-corrected chi connectivity index (χ3v) is 10.2. The lowest BCUT2D eigenvalue weighted by molar-refractivity contribution is -0.141. The van der Waals surface area contributed by atoms with Crippen molar-refractivity contribution >= 4 is 12.1 Å². The van der Waals surface area contributed by atoms with Gasteiger partial charge in [-0.05, 0) is 98.1 Å². The SMILES string of the molecule is CCCN(C(=O)OCc1ccc(F)cc1)C1CCN(C[C@H]2CC(NC(C(=O)O)C3CCCCC3)C[C@@H]2c2cccc(F)c2)CC1. The first-order valence-electron chi connectivity index (χ1n) is 16.9. The molecule has 2 saturated carbocycles. The first-order valence-corrected chi connectivity index (χ1v) is 16.9. The summed E-state index contributed by atoms with van der Waals surface area (Å²) in [5, 5.41) is 13.7. The van der Waals surface area contributed by atoms with Crippen molar-refractivity contribution in [2.24, 2.45) is 11.8 Å². The molecule has 2 aliphatic carbocycles. The van der Waals surface area contributed by atoms with Crippen LogP contribution < -0.4 is 5.32 Å². The van der Waals surface area contributed by atoms with Gasteiger partial charge in [-0.3, -0.25) is 4.79 Å². The minimum atomic E-state index is -0.762. The number of piperidine rings is 1.